The van der Waals surface area contributed by atoms with E-state index in [1.54, 1.807) is 0 Å². The number of aromatic amines is 1. The predicted octanol–water partition coefficient (Wildman–Crippen LogP) is 2.96. The minimum absolute atomic E-state index is 0.820. The molecule has 0 amide bonds. The highest BCUT2D eigenvalue weighted by Crippen LogP contribution is 2.06. The van der Waals surface area contributed by atoms with Gasteiger partial charge in [-0.15, -0.1) is 0 Å². The lowest BCUT2D eigenvalue weighted by Gasteiger charge is -2.04. The molecule has 0 radical (unpaired) electrons. The van der Waals surface area contributed by atoms with E-state index >= 15 is 0 Å². The first-order chi connectivity index (χ1) is 6.68. The molecule has 1 heterocycles. The van der Waals surface area contributed by atoms with E-state index in [-0.39, 0.29) is 0 Å². The lowest BCUT2D eigenvalue weighted by molar-refractivity contribution is 0.544. The van der Waals surface area contributed by atoms with Crippen LogP contribution < -0.4 is 5.32 Å². The predicted molar refractivity (Wildman–Crippen MR) is 60.5 cm³/mol. The number of H-pyrrole nitrogens is 1. The third-order valence-electron chi connectivity index (χ3n) is 2.20. The summed E-state index contributed by atoms with van der Waals surface area (Å²) >= 11 is 0. The quantitative estimate of drug-likeness (QED) is 0.685. The maximum atomic E-state index is 4.18. The third-order valence-corrected chi connectivity index (χ3v) is 2.20. The highest BCUT2D eigenvalue weighted by Gasteiger charge is 1.96. The molecule has 0 aliphatic rings. The van der Waals surface area contributed by atoms with E-state index in [0.717, 1.165) is 24.1 Å². The highest BCUT2D eigenvalue weighted by molar-refractivity contribution is 5.25. The van der Waals surface area contributed by atoms with Crippen LogP contribution in [-0.4, -0.2) is 16.5 Å². The molecule has 0 fully saturated rings. The molecule has 1 aromatic rings. The second-order valence-corrected chi connectivity index (χ2v) is 4.23. The largest absolute Gasteiger partial charge is 0.356 e. The van der Waals surface area contributed by atoms with Gasteiger partial charge >= 0.3 is 0 Å². The van der Waals surface area contributed by atoms with Gasteiger partial charge < -0.3 is 10.3 Å². The Morgan fingerprint density at radius 3 is 2.79 bits per heavy atom. The van der Waals surface area contributed by atoms with Crippen LogP contribution in [0.3, 0.4) is 0 Å². The number of nitrogens with one attached hydrogen (secondary N) is 2. The average Bonchev–Trinajstić information content (AvgIpc) is 2.50. The normalized spacial score (nSPS) is 10.9. The first-order valence-electron chi connectivity index (χ1n) is 5.44. The van der Waals surface area contributed by atoms with Crippen molar-refractivity contribution in [3.8, 4) is 0 Å². The van der Waals surface area contributed by atoms with Gasteiger partial charge in [-0.25, -0.2) is 4.98 Å². The molecule has 1 rings (SSSR count). The van der Waals surface area contributed by atoms with Crippen molar-refractivity contribution in [2.75, 3.05) is 11.9 Å². The molecule has 0 bridgehead atoms. The zero-order valence-electron chi connectivity index (χ0n) is 9.43. The van der Waals surface area contributed by atoms with Gasteiger partial charge in [0.15, 0.2) is 5.95 Å². The molecule has 0 saturated heterocycles. The number of aryl methyl sites for hydroxylation is 1. The van der Waals surface area contributed by atoms with E-state index in [2.05, 4.69) is 29.1 Å². The van der Waals surface area contributed by atoms with E-state index in [1.807, 2.05) is 13.1 Å². The van der Waals surface area contributed by atoms with Crippen LogP contribution in [0.15, 0.2) is 6.20 Å². The second kappa shape index (κ2) is 5.68. The van der Waals surface area contributed by atoms with Crippen LogP contribution in [0.4, 0.5) is 5.95 Å². The first kappa shape index (κ1) is 11.1. The van der Waals surface area contributed by atoms with Crippen molar-refractivity contribution < 1.29 is 0 Å². The summed E-state index contributed by atoms with van der Waals surface area (Å²) in [6.45, 7) is 7.56. The van der Waals surface area contributed by atoms with Crippen LogP contribution in [0.1, 0.15) is 38.8 Å². The zero-order valence-corrected chi connectivity index (χ0v) is 9.43. The van der Waals surface area contributed by atoms with Crippen LogP contribution >= 0.6 is 0 Å². The summed E-state index contributed by atoms with van der Waals surface area (Å²) in [5.74, 6) is 1.72. The Balaban J connectivity index is 2.04. The smallest absolute Gasteiger partial charge is 0.200 e. The van der Waals surface area contributed by atoms with Crippen molar-refractivity contribution in [3.05, 3.63) is 11.9 Å². The Bertz CT molecular complexity index is 253. The van der Waals surface area contributed by atoms with Gasteiger partial charge in [-0.3, -0.25) is 0 Å². The van der Waals surface area contributed by atoms with Gasteiger partial charge in [0.05, 0.1) is 0 Å². The molecular formula is C11H21N3. The Morgan fingerprint density at radius 2 is 2.21 bits per heavy atom. The van der Waals surface area contributed by atoms with E-state index in [4.69, 9.17) is 0 Å². The van der Waals surface area contributed by atoms with E-state index < -0.39 is 0 Å². The SMILES string of the molecule is Cc1cnc(NCCCCC(C)C)[nH]1. The molecule has 0 spiro atoms. The van der Waals surface area contributed by atoms with Crippen LogP contribution in [0.2, 0.25) is 0 Å². The van der Waals surface area contributed by atoms with Gasteiger partial charge in [0, 0.05) is 18.4 Å². The number of aromatic nitrogens is 2. The van der Waals surface area contributed by atoms with Gasteiger partial charge in [0.1, 0.15) is 0 Å². The molecule has 14 heavy (non-hydrogen) atoms. The van der Waals surface area contributed by atoms with Crippen LogP contribution in [0, 0.1) is 12.8 Å². The fourth-order valence-corrected chi connectivity index (χ4v) is 1.39. The Hall–Kier alpha value is -0.990. The number of rotatable bonds is 6. The van der Waals surface area contributed by atoms with Crippen LogP contribution in [0.5, 0.6) is 0 Å². The fourth-order valence-electron chi connectivity index (χ4n) is 1.39. The lowest BCUT2D eigenvalue weighted by Crippen LogP contribution is -2.03. The van der Waals surface area contributed by atoms with E-state index in [0.29, 0.717) is 0 Å². The first-order valence-corrected chi connectivity index (χ1v) is 5.44. The summed E-state index contributed by atoms with van der Waals surface area (Å²) in [7, 11) is 0. The lowest BCUT2D eigenvalue weighted by atomic mass is 10.1. The number of hydrogen-bond donors (Lipinski definition) is 2. The summed E-state index contributed by atoms with van der Waals surface area (Å²) in [6.07, 6.45) is 5.68. The fraction of sp³-hybridized carbons (Fsp3) is 0.727. The minimum atomic E-state index is 0.820. The molecule has 0 atom stereocenters. The molecule has 0 aromatic carbocycles. The van der Waals surface area contributed by atoms with Crippen molar-refractivity contribution in [1.29, 1.82) is 0 Å². The summed E-state index contributed by atoms with van der Waals surface area (Å²) in [5.41, 5.74) is 1.11. The third kappa shape index (κ3) is 4.30. The molecule has 0 saturated carbocycles. The monoisotopic (exact) mass is 195 g/mol. The number of unbranched alkanes of at least 4 members (excludes halogenated alkanes) is 1. The molecule has 3 nitrogen and oxygen atoms in total. The number of hydrogen-bond acceptors (Lipinski definition) is 2. The van der Waals surface area contributed by atoms with Crippen molar-refractivity contribution in [3.63, 3.8) is 0 Å². The maximum Gasteiger partial charge on any atom is 0.200 e. The van der Waals surface area contributed by atoms with Crippen molar-refractivity contribution in [2.24, 2.45) is 5.92 Å². The van der Waals surface area contributed by atoms with Crippen molar-refractivity contribution in [1.82, 2.24) is 9.97 Å². The average molecular weight is 195 g/mol. The number of nitrogens with zero attached hydrogens (tertiary/aromatic N) is 1. The van der Waals surface area contributed by atoms with Gasteiger partial charge in [-0.05, 0) is 19.3 Å². The molecule has 0 aliphatic heterocycles. The number of anilines is 1. The topological polar surface area (TPSA) is 40.7 Å². The Morgan fingerprint density at radius 1 is 1.43 bits per heavy atom. The summed E-state index contributed by atoms with van der Waals surface area (Å²) in [6, 6.07) is 0. The second-order valence-electron chi connectivity index (χ2n) is 4.23. The zero-order chi connectivity index (χ0) is 10.4. The number of imidazole rings is 1. The summed E-state index contributed by atoms with van der Waals surface area (Å²) in [4.78, 5) is 7.34. The maximum absolute atomic E-state index is 4.18. The van der Waals surface area contributed by atoms with E-state index in [1.165, 1.54) is 19.3 Å². The molecule has 1 aromatic heterocycles. The molecule has 0 unspecified atom stereocenters. The van der Waals surface area contributed by atoms with E-state index in [9.17, 15) is 0 Å². The van der Waals surface area contributed by atoms with Crippen molar-refractivity contribution >= 4 is 5.95 Å². The van der Waals surface area contributed by atoms with Crippen LogP contribution in [0.25, 0.3) is 0 Å². The summed E-state index contributed by atoms with van der Waals surface area (Å²) < 4.78 is 0. The van der Waals surface area contributed by atoms with Gasteiger partial charge in [0.2, 0.25) is 0 Å². The Kier molecular flexibility index (Phi) is 4.50. The van der Waals surface area contributed by atoms with Gasteiger partial charge in [-0.2, -0.15) is 0 Å². The minimum Gasteiger partial charge on any atom is -0.356 e. The van der Waals surface area contributed by atoms with Crippen LogP contribution in [-0.2, 0) is 0 Å². The highest BCUT2D eigenvalue weighted by atomic mass is 15.1. The Labute approximate surface area is 86.3 Å². The molecule has 0 aliphatic carbocycles. The van der Waals surface area contributed by atoms with Gasteiger partial charge in [0.25, 0.3) is 0 Å². The molecule has 2 N–H and O–H groups in total. The molecule has 80 valence electrons. The summed E-state index contributed by atoms with van der Waals surface area (Å²) in [5, 5.41) is 3.27. The standard InChI is InChI=1S/C11H21N3/c1-9(2)6-4-5-7-12-11-13-8-10(3)14-11/h8-9H,4-7H2,1-3H3,(H2,12,13,14). The molecular weight excluding hydrogens is 174 g/mol. The van der Waals surface area contributed by atoms with Gasteiger partial charge in [-0.1, -0.05) is 26.7 Å². The van der Waals surface area contributed by atoms with Crippen molar-refractivity contribution in [2.45, 2.75) is 40.0 Å². The molecule has 3 heteroatoms.